The van der Waals surface area contributed by atoms with Gasteiger partial charge in [0.2, 0.25) is 11.7 Å². The van der Waals surface area contributed by atoms with E-state index in [2.05, 4.69) is 20.1 Å². The predicted molar refractivity (Wildman–Crippen MR) is 123 cm³/mol. The molecule has 32 heavy (non-hydrogen) atoms. The van der Waals surface area contributed by atoms with Crippen molar-refractivity contribution in [3.8, 4) is 11.4 Å². The summed E-state index contributed by atoms with van der Waals surface area (Å²) in [6.45, 7) is 5.91. The van der Waals surface area contributed by atoms with E-state index in [1.54, 1.807) is 19.2 Å². The van der Waals surface area contributed by atoms with Crippen LogP contribution < -0.4 is 11.2 Å². The molecule has 0 atom stereocenters. The van der Waals surface area contributed by atoms with Gasteiger partial charge in [0.1, 0.15) is 16.2 Å². The lowest BCUT2D eigenvalue weighted by Gasteiger charge is -2.19. The number of rotatable bonds is 4. The van der Waals surface area contributed by atoms with Gasteiger partial charge in [-0.15, -0.1) is 0 Å². The standard InChI is InChI=1S/C21H21ClN6O3S/c1-21(2,3)19-24-16-14(18(29)28(5)20(30)27(16)4)17(25-19)32-10-13-23-15(26-31-13)11-6-8-12(22)9-7-11/h6-9H,10H2,1-5H3. The van der Waals surface area contributed by atoms with E-state index in [0.717, 1.165) is 10.1 Å². The Hall–Kier alpha value is -2.98. The Balaban J connectivity index is 1.75. The van der Waals surface area contributed by atoms with Crippen LogP contribution in [0.25, 0.3) is 22.4 Å². The molecule has 0 spiro atoms. The maximum Gasteiger partial charge on any atom is 0.332 e. The smallest absolute Gasteiger partial charge is 0.332 e. The number of aromatic nitrogens is 6. The summed E-state index contributed by atoms with van der Waals surface area (Å²) in [5.41, 5.74) is -0.194. The first-order valence-electron chi connectivity index (χ1n) is 9.76. The van der Waals surface area contributed by atoms with E-state index in [1.807, 2.05) is 32.9 Å². The molecule has 0 aliphatic rings. The van der Waals surface area contributed by atoms with E-state index in [-0.39, 0.29) is 10.8 Å². The molecule has 11 heteroatoms. The van der Waals surface area contributed by atoms with E-state index in [4.69, 9.17) is 16.1 Å². The lowest BCUT2D eigenvalue weighted by Crippen LogP contribution is -2.38. The molecule has 0 radical (unpaired) electrons. The second-order valence-electron chi connectivity index (χ2n) is 8.31. The van der Waals surface area contributed by atoms with Crippen LogP contribution in [0.5, 0.6) is 0 Å². The number of halogens is 1. The minimum atomic E-state index is -0.446. The Morgan fingerprint density at radius 1 is 1.03 bits per heavy atom. The number of hydrogen-bond donors (Lipinski definition) is 0. The van der Waals surface area contributed by atoms with Crippen LogP contribution in [0, 0.1) is 0 Å². The van der Waals surface area contributed by atoms with Gasteiger partial charge in [-0.2, -0.15) is 4.98 Å². The summed E-state index contributed by atoms with van der Waals surface area (Å²) in [5, 5.41) is 5.38. The quantitative estimate of drug-likeness (QED) is 0.328. The Labute approximate surface area is 192 Å². The second kappa shape index (κ2) is 8.18. The van der Waals surface area contributed by atoms with Gasteiger partial charge in [0.25, 0.3) is 5.56 Å². The highest BCUT2D eigenvalue weighted by Crippen LogP contribution is 2.29. The molecule has 3 aromatic heterocycles. The molecule has 166 valence electrons. The van der Waals surface area contributed by atoms with Crippen LogP contribution in [0.15, 0.2) is 43.4 Å². The zero-order valence-corrected chi connectivity index (χ0v) is 19.8. The van der Waals surface area contributed by atoms with E-state index in [0.29, 0.717) is 39.0 Å². The molecular formula is C21H21ClN6O3S. The molecule has 4 aromatic rings. The van der Waals surface area contributed by atoms with Crippen molar-refractivity contribution in [3.05, 3.63) is 61.8 Å². The van der Waals surface area contributed by atoms with Gasteiger partial charge in [-0.3, -0.25) is 13.9 Å². The third kappa shape index (κ3) is 4.07. The average molecular weight is 473 g/mol. The van der Waals surface area contributed by atoms with Gasteiger partial charge in [0, 0.05) is 30.1 Å². The molecule has 0 aliphatic carbocycles. The van der Waals surface area contributed by atoms with E-state index >= 15 is 0 Å². The SMILES string of the molecule is Cn1c(=O)c2c(SCc3nc(-c4ccc(Cl)cc4)no3)nc(C(C)(C)C)nc2n(C)c1=O. The van der Waals surface area contributed by atoms with Crippen molar-refractivity contribution < 1.29 is 4.52 Å². The van der Waals surface area contributed by atoms with Gasteiger partial charge in [-0.25, -0.2) is 14.8 Å². The van der Waals surface area contributed by atoms with Crippen LogP contribution in [0.4, 0.5) is 0 Å². The molecule has 0 saturated carbocycles. The van der Waals surface area contributed by atoms with Crippen LogP contribution in [0.2, 0.25) is 5.02 Å². The molecular weight excluding hydrogens is 452 g/mol. The summed E-state index contributed by atoms with van der Waals surface area (Å²) in [6, 6.07) is 7.12. The van der Waals surface area contributed by atoms with Gasteiger partial charge in [0.05, 0.1) is 5.75 Å². The third-order valence-electron chi connectivity index (χ3n) is 4.84. The molecule has 0 saturated heterocycles. The summed E-state index contributed by atoms with van der Waals surface area (Å²) in [4.78, 5) is 39.0. The van der Waals surface area contributed by atoms with Crippen LogP contribution in [0.1, 0.15) is 32.5 Å². The van der Waals surface area contributed by atoms with Crippen LogP contribution >= 0.6 is 23.4 Å². The fourth-order valence-electron chi connectivity index (χ4n) is 3.03. The number of fused-ring (bicyclic) bond motifs is 1. The first-order chi connectivity index (χ1) is 15.1. The van der Waals surface area contributed by atoms with Crippen molar-refractivity contribution in [2.75, 3.05) is 0 Å². The monoisotopic (exact) mass is 472 g/mol. The minimum absolute atomic E-state index is 0.282. The number of benzene rings is 1. The number of nitrogens with zero attached hydrogens (tertiary/aromatic N) is 6. The highest BCUT2D eigenvalue weighted by atomic mass is 35.5. The first-order valence-corrected chi connectivity index (χ1v) is 11.1. The normalized spacial score (nSPS) is 11.9. The molecule has 0 N–H and O–H groups in total. The Morgan fingerprint density at radius 3 is 2.38 bits per heavy atom. The molecule has 3 heterocycles. The summed E-state index contributed by atoms with van der Waals surface area (Å²) in [5.74, 6) is 1.65. The Morgan fingerprint density at radius 2 is 1.72 bits per heavy atom. The third-order valence-corrected chi connectivity index (χ3v) is 6.05. The van der Waals surface area contributed by atoms with Crippen molar-refractivity contribution in [1.29, 1.82) is 0 Å². The van der Waals surface area contributed by atoms with Gasteiger partial charge < -0.3 is 4.52 Å². The van der Waals surface area contributed by atoms with Crippen LogP contribution in [0.3, 0.4) is 0 Å². The number of hydrogen-bond acceptors (Lipinski definition) is 8. The molecule has 0 fully saturated rings. The predicted octanol–water partition coefficient (Wildman–Crippen LogP) is 3.32. The largest absolute Gasteiger partial charge is 0.338 e. The van der Waals surface area contributed by atoms with E-state index in [9.17, 15) is 9.59 Å². The zero-order chi connectivity index (χ0) is 23.2. The summed E-state index contributed by atoms with van der Waals surface area (Å²) < 4.78 is 7.80. The summed E-state index contributed by atoms with van der Waals surface area (Å²) in [6.07, 6.45) is 0. The van der Waals surface area contributed by atoms with E-state index < -0.39 is 11.2 Å². The average Bonchev–Trinajstić information content (AvgIpc) is 3.23. The second-order valence-corrected chi connectivity index (χ2v) is 9.71. The van der Waals surface area contributed by atoms with Crippen LogP contribution in [-0.4, -0.2) is 29.2 Å². The first kappa shape index (κ1) is 22.2. The van der Waals surface area contributed by atoms with Gasteiger partial charge in [0.15, 0.2) is 5.65 Å². The molecule has 0 aliphatic heterocycles. The fraction of sp³-hybridized carbons (Fsp3) is 0.333. The molecule has 4 rings (SSSR count). The van der Waals surface area contributed by atoms with Crippen molar-refractivity contribution in [3.63, 3.8) is 0 Å². The maximum absolute atomic E-state index is 12.9. The number of thioether (sulfide) groups is 1. The molecule has 1 aromatic carbocycles. The van der Waals surface area contributed by atoms with Crippen molar-refractivity contribution in [1.82, 2.24) is 29.2 Å². The number of aryl methyl sites for hydroxylation is 1. The van der Waals surface area contributed by atoms with Gasteiger partial charge in [-0.05, 0) is 24.3 Å². The maximum atomic E-state index is 12.9. The van der Waals surface area contributed by atoms with Crippen molar-refractivity contribution in [2.45, 2.75) is 37.0 Å². The van der Waals surface area contributed by atoms with Crippen molar-refractivity contribution in [2.24, 2.45) is 14.1 Å². The Kier molecular flexibility index (Phi) is 5.68. The van der Waals surface area contributed by atoms with Crippen molar-refractivity contribution >= 4 is 34.4 Å². The minimum Gasteiger partial charge on any atom is -0.338 e. The topological polar surface area (TPSA) is 109 Å². The molecule has 0 amide bonds. The van der Waals surface area contributed by atoms with Crippen LogP contribution in [-0.2, 0) is 25.3 Å². The fourth-order valence-corrected chi connectivity index (χ4v) is 4.01. The molecule has 9 nitrogen and oxygen atoms in total. The summed E-state index contributed by atoms with van der Waals surface area (Å²) >= 11 is 7.22. The summed E-state index contributed by atoms with van der Waals surface area (Å²) in [7, 11) is 3.03. The lowest BCUT2D eigenvalue weighted by molar-refractivity contribution is 0.391. The van der Waals surface area contributed by atoms with Gasteiger partial charge in [-0.1, -0.05) is 49.3 Å². The molecule has 0 unspecified atom stereocenters. The van der Waals surface area contributed by atoms with E-state index in [1.165, 1.54) is 23.4 Å². The lowest BCUT2D eigenvalue weighted by atomic mass is 9.96. The Bertz CT molecular complexity index is 1430. The highest BCUT2D eigenvalue weighted by Gasteiger charge is 2.24. The highest BCUT2D eigenvalue weighted by molar-refractivity contribution is 7.98. The molecule has 0 bridgehead atoms. The van der Waals surface area contributed by atoms with Gasteiger partial charge >= 0.3 is 5.69 Å². The zero-order valence-electron chi connectivity index (χ0n) is 18.2.